The van der Waals surface area contributed by atoms with Gasteiger partial charge >= 0.3 is 5.97 Å². The second kappa shape index (κ2) is 11.8. The van der Waals surface area contributed by atoms with Gasteiger partial charge in [0.1, 0.15) is 11.6 Å². The van der Waals surface area contributed by atoms with Gasteiger partial charge in [-0.15, -0.1) is 0 Å². The SMILES string of the molecule is CCCCCC[C@H]1CC[C@H](C(=O)Oc2ccc(CCc3ccc(F)cc3)nc2)CC1. The molecule has 1 saturated carbocycles. The van der Waals surface area contributed by atoms with Crippen molar-refractivity contribution in [2.24, 2.45) is 11.8 Å². The Labute approximate surface area is 180 Å². The largest absolute Gasteiger partial charge is 0.425 e. The average molecular weight is 412 g/mol. The van der Waals surface area contributed by atoms with Crippen molar-refractivity contribution in [2.45, 2.75) is 77.6 Å². The number of rotatable bonds is 10. The normalized spacial score (nSPS) is 18.9. The van der Waals surface area contributed by atoms with Crippen LogP contribution in [0.15, 0.2) is 42.6 Å². The second-order valence-corrected chi connectivity index (χ2v) is 8.60. The number of ether oxygens (including phenoxy) is 1. The Bertz CT molecular complexity index is 765. The maximum atomic E-state index is 13.0. The third kappa shape index (κ3) is 7.23. The van der Waals surface area contributed by atoms with Crippen molar-refractivity contribution < 1.29 is 13.9 Å². The molecule has 2 aromatic rings. The summed E-state index contributed by atoms with van der Waals surface area (Å²) in [6.07, 6.45) is 14.0. The van der Waals surface area contributed by atoms with Crippen molar-refractivity contribution in [2.75, 3.05) is 0 Å². The molecule has 1 fully saturated rings. The van der Waals surface area contributed by atoms with E-state index in [9.17, 15) is 9.18 Å². The molecule has 1 aliphatic carbocycles. The number of aromatic nitrogens is 1. The van der Waals surface area contributed by atoms with E-state index in [0.717, 1.165) is 55.7 Å². The van der Waals surface area contributed by atoms with Crippen molar-refractivity contribution in [3.63, 3.8) is 0 Å². The van der Waals surface area contributed by atoms with Gasteiger partial charge in [-0.1, -0.05) is 51.2 Å². The lowest BCUT2D eigenvalue weighted by Crippen LogP contribution is -2.25. The molecule has 162 valence electrons. The van der Waals surface area contributed by atoms with E-state index >= 15 is 0 Å². The van der Waals surface area contributed by atoms with Crippen LogP contribution in [0.1, 0.15) is 76.0 Å². The van der Waals surface area contributed by atoms with Gasteiger partial charge < -0.3 is 4.74 Å². The fourth-order valence-corrected chi connectivity index (χ4v) is 4.29. The van der Waals surface area contributed by atoms with E-state index in [4.69, 9.17) is 4.74 Å². The quantitative estimate of drug-likeness (QED) is 0.323. The van der Waals surface area contributed by atoms with Gasteiger partial charge in [-0.05, 0) is 74.3 Å². The third-order valence-corrected chi connectivity index (χ3v) is 6.25. The molecule has 0 saturated heterocycles. The van der Waals surface area contributed by atoms with Crippen LogP contribution in [0.4, 0.5) is 4.39 Å². The zero-order chi connectivity index (χ0) is 21.2. The summed E-state index contributed by atoms with van der Waals surface area (Å²) >= 11 is 0. The van der Waals surface area contributed by atoms with Gasteiger partial charge in [0.15, 0.2) is 0 Å². The molecule has 3 rings (SSSR count). The highest BCUT2D eigenvalue weighted by Gasteiger charge is 2.27. The van der Waals surface area contributed by atoms with Crippen LogP contribution in [0.25, 0.3) is 0 Å². The van der Waals surface area contributed by atoms with Crippen LogP contribution in [-0.2, 0) is 17.6 Å². The molecule has 0 amide bonds. The van der Waals surface area contributed by atoms with E-state index in [1.165, 1.54) is 44.2 Å². The first kappa shape index (κ1) is 22.5. The number of carbonyl (C=O) groups is 1. The summed E-state index contributed by atoms with van der Waals surface area (Å²) in [5.41, 5.74) is 2.01. The zero-order valence-corrected chi connectivity index (χ0v) is 18.1. The predicted octanol–water partition coefficient (Wildman–Crippen LogP) is 6.69. The Morgan fingerprint density at radius 1 is 1.00 bits per heavy atom. The topological polar surface area (TPSA) is 39.2 Å². The number of nitrogens with zero attached hydrogens (tertiary/aromatic N) is 1. The molecule has 30 heavy (non-hydrogen) atoms. The van der Waals surface area contributed by atoms with Crippen LogP contribution in [-0.4, -0.2) is 11.0 Å². The van der Waals surface area contributed by atoms with Gasteiger partial charge in [0.25, 0.3) is 0 Å². The van der Waals surface area contributed by atoms with Crippen LogP contribution in [0.2, 0.25) is 0 Å². The van der Waals surface area contributed by atoms with E-state index in [1.54, 1.807) is 18.3 Å². The Morgan fingerprint density at radius 2 is 1.77 bits per heavy atom. The molecule has 1 aliphatic rings. The summed E-state index contributed by atoms with van der Waals surface area (Å²) in [7, 11) is 0. The lowest BCUT2D eigenvalue weighted by molar-refractivity contribution is -0.140. The van der Waals surface area contributed by atoms with E-state index in [1.807, 2.05) is 12.1 Å². The van der Waals surface area contributed by atoms with Crippen LogP contribution in [0.5, 0.6) is 5.75 Å². The van der Waals surface area contributed by atoms with Crippen molar-refractivity contribution >= 4 is 5.97 Å². The van der Waals surface area contributed by atoms with E-state index in [-0.39, 0.29) is 17.7 Å². The van der Waals surface area contributed by atoms with Gasteiger partial charge in [0.05, 0.1) is 12.1 Å². The van der Waals surface area contributed by atoms with Crippen molar-refractivity contribution in [3.05, 3.63) is 59.7 Å². The lowest BCUT2D eigenvalue weighted by Gasteiger charge is -2.27. The molecule has 0 aliphatic heterocycles. The number of esters is 1. The van der Waals surface area contributed by atoms with Gasteiger partial charge in [-0.2, -0.15) is 0 Å². The number of halogens is 1. The Kier molecular flexibility index (Phi) is 8.85. The second-order valence-electron chi connectivity index (χ2n) is 8.60. The highest BCUT2D eigenvalue weighted by atomic mass is 19.1. The first-order chi connectivity index (χ1) is 14.6. The number of hydrogen-bond acceptors (Lipinski definition) is 3. The number of hydrogen-bond donors (Lipinski definition) is 0. The van der Waals surface area contributed by atoms with Crippen molar-refractivity contribution in [3.8, 4) is 5.75 Å². The van der Waals surface area contributed by atoms with Crippen LogP contribution in [0.3, 0.4) is 0 Å². The zero-order valence-electron chi connectivity index (χ0n) is 18.1. The smallest absolute Gasteiger partial charge is 0.314 e. The highest BCUT2D eigenvalue weighted by Crippen LogP contribution is 2.33. The summed E-state index contributed by atoms with van der Waals surface area (Å²) in [6, 6.07) is 10.3. The number of benzene rings is 1. The summed E-state index contributed by atoms with van der Waals surface area (Å²) < 4.78 is 18.6. The highest BCUT2D eigenvalue weighted by molar-refractivity contribution is 5.75. The summed E-state index contributed by atoms with van der Waals surface area (Å²) in [6.45, 7) is 2.24. The summed E-state index contributed by atoms with van der Waals surface area (Å²) in [5, 5.41) is 0. The van der Waals surface area contributed by atoms with E-state index < -0.39 is 0 Å². The molecule has 4 heteroatoms. The fraction of sp³-hybridized carbons (Fsp3) is 0.538. The van der Waals surface area contributed by atoms with E-state index in [2.05, 4.69) is 11.9 Å². The summed E-state index contributed by atoms with van der Waals surface area (Å²) in [4.78, 5) is 16.9. The third-order valence-electron chi connectivity index (χ3n) is 6.25. The standard InChI is InChI=1S/C26H34FNO2/c1-2-3-4-5-6-20-7-12-22(13-8-20)26(29)30-25-18-17-24(28-19-25)16-11-21-9-14-23(27)15-10-21/h9-10,14-15,17-20,22H,2-8,11-13,16H2,1H3/t20-,22-. The lowest BCUT2D eigenvalue weighted by atomic mass is 9.80. The number of pyridine rings is 1. The predicted molar refractivity (Wildman–Crippen MR) is 118 cm³/mol. The van der Waals surface area contributed by atoms with Crippen molar-refractivity contribution in [1.82, 2.24) is 4.98 Å². The number of carbonyl (C=O) groups excluding carboxylic acids is 1. The minimum absolute atomic E-state index is 0.0232. The Balaban J connectivity index is 1.38. The molecule has 1 aromatic carbocycles. The molecule has 0 unspecified atom stereocenters. The molecule has 0 N–H and O–H groups in total. The molecule has 1 aromatic heterocycles. The minimum atomic E-state index is -0.219. The molecule has 0 bridgehead atoms. The first-order valence-corrected chi connectivity index (χ1v) is 11.5. The molecular weight excluding hydrogens is 377 g/mol. The Morgan fingerprint density at radius 3 is 2.43 bits per heavy atom. The van der Waals surface area contributed by atoms with Gasteiger partial charge in [0.2, 0.25) is 0 Å². The molecular formula is C26H34FNO2. The van der Waals surface area contributed by atoms with Crippen LogP contribution >= 0.6 is 0 Å². The Hall–Kier alpha value is -2.23. The average Bonchev–Trinajstić information content (AvgIpc) is 2.78. The van der Waals surface area contributed by atoms with Gasteiger partial charge in [0, 0.05) is 5.69 Å². The van der Waals surface area contributed by atoms with Gasteiger partial charge in [-0.25, -0.2) is 4.39 Å². The number of aryl methyl sites for hydroxylation is 2. The maximum Gasteiger partial charge on any atom is 0.314 e. The first-order valence-electron chi connectivity index (χ1n) is 11.5. The minimum Gasteiger partial charge on any atom is -0.425 e. The molecule has 0 spiro atoms. The van der Waals surface area contributed by atoms with E-state index in [0.29, 0.717) is 5.75 Å². The number of unbranched alkanes of at least 4 members (excludes halogenated alkanes) is 3. The molecule has 1 heterocycles. The summed E-state index contributed by atoms with van der Waals surface area (Å²) in [5.74, 6) is 0.999. The fourth-order valence-electron chi connectivity index (χ4n) is 4.29. The molecule has 3 nitrogen and oxygen atoms in total. The van der Waals surface area contributed by atoms with Crippen LogP contribution < -0.4 is 4.74 Å². The van der Waals surface area contributed by atoms with Gasteiger partial charge in [-0.3, -0.25) is 9.78 Å². The molecule has 0 atom stereocenters. The maximum absolute atomic E-state index is 13.0. The van der Waals surface area contributed by atoms with Crippen LogP contribution in [0, 0.1) is 17.7 Å². The van der Waals surface area contributed by atoms with Crippen molar-refractivity contribution in [1.29, 1.82) is 0 Å². The molecule has 0 radical (unpaired) electrons. The monoisotopic (exact) mass is 411 g/mol.